The molecule has 8 nitrogen and oxygen atoms in total. The number of para-hydroxylation sites is 1. The number of hydrogen-bond acceptors (Lipinski definition) is 6. The standard InChI is InChI=1S/C13H17N3O5/c14-8-13(4-6-21-7-5-13)12(18)15-11-9(16(19)20)2-1-3-10(11)17/h1-3,17H,4-8,14H2,(H,15,18). The normalized spacial score (nSPS) is 17.2. The van der Waals surface area contributed by atoms with Gasteiger partial charge in [-0.3, -0.25) is 14.9 Å². The van der Waals surface area contributed by atoms with Crippen molar-refractivity contribution in [1.29, 1.82) is 0 Å². The third-order valence-corrected chi connectivity index (χ3v) is 3.78. The number of benzene rings is 1. The molecule has 8 heteroatoms. The van der Waals surface area contributed by atoms with Crippen molar-refractivity contribution >= 4 is 17.3 Å². The Hall–Kier alpha value is -2.19. The van der Waals surface area contributed by atoms with Gasteiger partial charge in [0.05, 0.1) is 10.3 Å². The Balaban J connectivity index is 2.29. The van der Waals surface area contributed by atoms with Gasteiger partial charge in [0, 0.05) is 25.8 Å². The average molecular weight is 295 g/mol. The van der Waals surface area contributed by atoms with Crippen molar-refractivity contribution in [3.05, 3.63) is 28.3 Å². The lowest BCUT2D eigenvalue weighted by molar-refractivity contribution is -0.384. The highest BCUT2D eigenvalue weighted by molar-refractivity contribution is 5.98. The number of hydrogen-bond donors (Lipinski definition) is 3. The van der Waals surface area contributed by atoms with Crippen LogP contribution >= 0.6 is 0 Å². The Morgan fingerprint density at radius 3 is 2.71 bits per heavy atom. The second kappa shape index (κ2) is 6.06. The van der Waals surface area contributed by atoms with E-state index >= 15 is 0 Å². The number of carbonyl (C=O) groups excluding carboxylic acids is 1. The summed E-state index contributed by atoms with van der Waals surface area (Å²) in [4.78, 5) is 22.8. The first-order chi connectivity index (χ1) is 10.00. The van der Waals surface area contributed by atoms with Crippen LogP contribution in [0.25, 0.3) is 0 Å². The minimum Gasteiger partial charge on any atom is -0.505 e. The number of nitro benzene ring substituents is 1. The van der Waals surface area contributed by atoms with Gasteiger partial charge >= 0.3 is 0 Å². The molecule has 1 amide bonds. The van der Waals surface area contributed by atoms with Gasteiger partial charge in [-0.1, -0.05) is 6.07 Å². The molecule has 114 valence electrons. The van der Waals surface area contributed by atoms with E-state index in [-0.39, 0.29) is 23.7 Å². The number of nitrogens with one attached hydrogen (secondary N) is 1. The van der Waals surface area contributed by atoms with Crippen LogP contribution in [0.1, 0.15) is 12.8 Å². The molecule has 1 aromatic carbocycles. The quantitative estimate of drug-likeness (QED) is 0.432. The predicted molar refractivity (Wildman–Crippen MR) is 74.9 cm³/mol. The van der Waals surface area contributed by atoms with E-state index in [0.717, 1.165) is 0 Å². The number of ether oxygens (including phenoxy) is 1. The van der Waals surface area contributed by atoms with Crippen molar-refractivity contribution < 1.29 is 19.6 Å². The van der Waals surface area contributed by atoms with Gasteiger partial charge < -0.3 is 20.9 Å². The molecule has 0 aliphatic carbocycles. The Labute approximate surface area is 121 Å². The van der Waals surface area contributed by atoms with E-state index in [1.165, 1.54) is 18.2 Å². The monoisotopic (exact) mass is 295 g/mol. The van der Waals surface area contributed by atoms with Crippen LogP contribution in [-0.2, 0) is 9.53 Å². The summed E-state index contributed by atoms with van der Waals surface area (Å²) in [6.07, 6.45) is 0.882. The molecular weight excluding hydrogens is 278 g/mol. The number of nitro groups is 1. The zero-order chi connectivity index (χ0) is 15.5. The Morgan fingerprint density at radius 2 is 2.14 bits per heavy atom. The summed E-state index contributed by atoms with van der Waals surface area (Å²) in [5.74, 6) is -0.783. The number of phenols is 1. The number of anilines is 1. The highest BCUT2D eigenvalue weighted by atomic mass is 16.6. The predicted octanol–water partition coefficient (Wildman–Crippen LogP) is 0.994. The van der Waals surface area contributed by atoms with Gasteiger partial charge in [-0.05, 0) is 18.9 Å². The number of rotatable bonds is 4. The van der Waals surface area contributed by atoms with Crippen LogP contribution in [0.3, 0.4) is 0 Å². The second-order valence-corrected chi connectivity index (χ2v) is 4.98. The second-order valence-electron chi connectivity index (χ2n) is 4.98. The van der Waals surface area contributed by atoms with Crippen molar-refractivity contribution in [3.63, 3.8) is 0 Å². The van der Waals surface area contributed by atoms with Crippen molar-refractivity contribution in [2.45, 2.75) is 12.8 Å². The number of aromatic hydroxyl groups is 1. The van der Waals surface area contributed by atoms with Crippen molar-refractivity contribution in [2.75, 3.05) is 25.1 Å². The number of phenolic OH excluding ortho intramolecular Hbond substituents is 1. The van der Waals surface area contributed by atoms with Crippen LogP contribution in [0.4, 0.5) is 11.4 Å². The molecule has 0 spiro atoms. The largest absolute Gasteiger partial charge is 0.505 e. The van der Waals surface area contributed by atoms with Crippen molar-refractivity contribution in [1.82, 2.24) is 0 Å². The van der Waals surface area contributed by atoms with Crippen molar-refractivity contribution in [2.24, 2.45) is 11.1 Å². The molecule has 0 saturated carbocycles. The van der Waals surface area contributed by atoms with Crippen LogP contribution in [-0.4, -0.2) is 35.7 Å². The fourth-order valence-electron chi connectivity index (χ4n) is 2.34. The Morgan fingerprint density at radius 1 is 1.48 bits per heavy atom. The minimum absolute atomic E-state index is 0.115. The molecule has 0 atom stereocenters. The molecule has 1 fully saturated rings. The molecule has 1 aliphatic rings. The van der Waals surface area contributed by atoms with Crippen LogP contribution in [0.5, 0.6) is 5.75 Å². The fourth-order valence-corrected chi connectivity index (χ4v) is 2.34. The third kappa shape index (κ3) is 2.96. The number of amides is 1. The summed E-state index contributed by atoms with van der Waals surface area (Å²) in [7, 11) is 0. The van der Waals surface area contributed by atoms with Gasteiger partial charge in [0.15, 0.2) is 5.69 Å². The number of nitrogens with two attached hydrogens (primary N) is 1. The molecule has 4 N–H and O–H groups in total. The first-order valence-electron chi connectivity index (χ1n) is 6.56. The van der Waals surface area contributed by atoms with Gasteiger partial charge in [-0.2, -0.15) is 0 Å². The average Bonchev–Trinajstić information content (AvgIpc) is 2.49. The summed E-state index contributed by atoms with van der Waals surface area (Å²) in [5, 5.41) is 23.2. The fraction of sp³-hybridized carbons (Fsp3) is 0.462. The molecule has 0 unspecified atom stereocenters. The van der Waals surface area contributed by atoms with E-state index in [1.54, 1.807) is 0 Å². The first kappa shape index (κ1) is 15.2. The van der Waals surface area contributed by atoms with E-state index in [2.05, 4.69) is 5.32 Å². The topological polar surface area (TPSA) is 128 Å². The number of carbonyl (C=O) groups is 1. The van der Waals surface area contributed by atoms with Crippen LogP contribution in [0.2, 0.25) is 0 Å². The van der Waals surface area contributed by atoms with E-state index < -0.39 is 16.2 Å². The first-order valence-corrected chi connectivity index (χ1v) is 6.56. The van der Waals surface area contributed by atoms with Crippen LogP contribution < -0.4 is 11.1 Å². The molecule has 0 aromatic heterocycles. The molecule has 1 aliphatic heterocycles. The molecule has 0 bridgehead atoms. The van der Waals surface area contributed by atoms with E-state index in [0.29, 0.717) is 26.1 Å². The lowest BCUT2D eigenvalue weighted by Gasteiger charge is -2.34. The van der Waals surface area contributed by atoms with Gasteiger partial charge in [-0.25, -0.2) is 0 Å². The minimum atomic E-state index is -0.825. The zero-order valence-corrected chi connectivity index (χ0v) is 11.4. The van der Waals surface area contributed by atoms with Gasteiger partial charge in [0.2, 0.25) is 5.91 Å². The molecule has 1 heterocycles. The summed E-state index contributed by atoms with van der Waals surface area (Å²) in [6.45, 7) is 0.935. The Bertz CT molecular complexity index is 555. The molecule has 1 saturated heterocycles. The summed E-state index contributed by atoms with van der Waals surface area (Å²) < 4.78 is 5.22. The summed E-state index contributed by atoms with van der Waals surface area (Å²) in [5.41, 5.74) is 4.33. The third-order valence-electron chi connectivity index (χ3n) is 3.78. The molecule has 0 radical (unpaired) electrons. The lowest BCUT2D eigenvalue weighted by atomic mass is 9.79. The van der Waals surface area contributed by atoms with Crippen LogP contribution in [0, 0.1) is 15.5 Å². The summed E-state index contributed by atoms with van der Waals surface area (Å²) in [6, 6.07) is 3.84. The Kier molecular flexibility index (Phi) is 4.39. The maximum Gasteiger partial charge on any atom is 0.296 e. The smallest absolute Gasteiger partial charge is 0.296 e. The van der Waals surface area contributed by atoms with E-state index in [4.69, 9.17) is 10.5 Å². The molecule has 21 heavy (non-hydrogen) atoms. The van der Waals surface area contributed by atoms with Crippen LogP contribution in [0.15, 0.2) is 18.2 Å². The molecule has 1 aromatic rings. The highest BCUT2D eigenvalue weighted by Crippen LogP contribution is 2.36. The van der Waals surface area contributed by atoms with Gasteiger partial charge in [0.1, 0.15) is 5.75 Å². The van der Waals surface area contributed by atoms with Gasteiger partial charge in [-0.15, -0.1) is 0 Å². The van der Waals surface area contributed by atoms with Crippen molar-refractivity contribution in [3.8, 4) is 5.75 Å². The summed E-state index contributed by atoms with van der Waals surface area (Å²) >= 11 is 0. The number of nitrogens with zero attached hydrogens (tertiary/aromatic N) is 1. The maximum absolute atomic E-state index is 12.5. The molecular formula is C13H17N3O5. The maximum atomic E-state index is 12.5. The SMILES string of the molecule is NCC1(C(=O)Nc2c(O)cccc2[N+](=O)[O-])CCOCC1. The highest BCUT2D eigenvalue weighted by Gasteiger charge is 2.39. The van der Waals surface area contributed by atoms with E-state index in [9.17, 15) is 20.0 Å². The molecule has 2 rings (SSSR count). The lowest BCUT2D eigenvalue weighted by Crippen LogP contribution is -2.46. The van der Waals surface area contributed by atoms with Gasteiger partial charge in [0.25, 0.3) is 5.69 Å². The zero-order valence-electron chi connectivity index (χ0n) is 11.4. The van der Waals surface area contributed by atoms with E-state index in [1.807, 2.05) is 0 Å².